The van der Waals surface area contributed by atoms with Gasteiger partial charge in [0.05, 0.1) is 28.8 Å². The van der Waals surface area contributed by atoms with Gasteiger partial charge >= 0.3 is 6.18 Å². The van der Waals surface area contributed by atoms with Crippen molar-refractivity contribution in [3.63, 3.8) is 0 Å². The molecule has 170 valence electrons. The van der Waals surface area contributed by atoms with E-state index >= 15 is 0 Å². The molecular formula is C23H20F3N5O2. The minimum atomic E-state index is -4.54. The number of amides is 2. The lowest BCUT2D eigenvalue weighted by molar-refractivity contribution is -0.137. The van der Waals surface area contributed by atoms with Crippen LogP contribution in [0.3, 0.4) is 0 Å². The second-order valence-corrected chi connectivity index (χ2v) is 7.07. The Bertz CT molecular complexity index is 1170. The number of anilines is 3. The van der Waals surface area contributed by atoms with Gasteiger partial charge in [0, 0.05) is 18.3 Å². The molecule has 2 aromatic heterocycles. The zero-order valence-electron chi connectivity index (χ0n) is 17.5. The number of benzene rings is 1. The standard InChI is InChI=1S/C23H20F3N5O2/c1-14-5-6-15(12-28-14)3-2-4-21(32)30-17-8-10-20(29-13-17)22(33)31-19-9-7-16(11-18(19)27)23(24,25)26/h2-3,5-13H,4,27H2,1H3,(H,30,32)(H,31,33)/b3-2+. The molecule has 3 aromatic rings. The number of carbonyl (C=O) groups excluding carboxylic acids is 2. The largest absolute Gasteiger partial charge is 0.416 e. The molecule has 33 heavy (non-hydrogen) atoms. The van der Waals surface area contributed by atoms with E-state index < -0.39 is 17.6 Å². The van der Waals surface area contributed by atoms with E-state index in [-0.39, 0.29) is 29.4 Å². The quantitative estimate of drug-likeness (QED) is 0.468. The number of nitrogen functional groups attached to an aromatic ring is 1. The molecule has 0 spiro atoms. The fraction of sp³-hybridized carbons (Fsp3) is 0.130. The molecule has 0 fully saturated rings. The average Bonchev–Trinajstić information content (AvgIpc) is 2.76. The van der Waals surface area contributed by atoms with Crippen molar-refractivity contribution in [3.8, 4) is 0 Å². The van der Waals surface area contributed by atoms with Gasteiger partial charge in [-0.1, -0.05) is 18.2 Å². The third kappa shape index (κ3) is 6.63. The van der Waals surface area contributed by atoms with Gasteiger partial charge < -0.3 is 16.4 Å². The summed E-state index contributed by atoms with van der Waals surface area (Å²) in [7, 11) is 0. The van der Waals surface area contributed by atoms with Gasteiger partial charge in [0.2, 0.25) is 5.91 Å². The molecule has 0 aliphatic heterocycles. The third-order valence-electron chi connectivity index (χ3n) is 4.45. The maximum absolute atomic E-state index is 12.7. The molecule has 0 saturated heterocycles. The second kappa shape index (κ2) is 9.94. The summed E-state index contributed by atoms with van der Waals surface area (Å²) < 4.78 is 38.2. The zero-order valence-corrected chi connectivity index (χ0v) is 17.5. The second-order valence-electron chi connectivity index (χ2n) is 7.07. The first-order valence-electron chi connectivity index (χ1n) is 9.75. The summed E-state index contributed by atoms with van der Waals surface area (Å²) in [6, 6.07) is 9.26. The Morgan fingerprint density at radius 3 is 2.42 bits per heavy atom. The number of halogens is 3. The van der Waals surface area contributed by atoms with Crippen molar-refractivity contribution < 1.29 is 22.8 Å². The number of rotatable bonds is 6. The van der Waals surface area contributed by atoms with Crippen LogP contribution in [0.1, 0.15) is 33.7 Å². The molecule has 2 amide bonds. The summed E-state index contributed by atoms with van der Waals surface area (Å²) in [6.07, 6.45) is 2.08. The first-order valence-corrected chi connectivity index (χ1v) is 9.75. The van der Waals surface area contributed by atoms with E-state index in [1.165, 1.54) is 18.3 Å². The highest BCUT2D eigenvalue weighted by Crippen LogP contribution is 2.32. The number of aryl methyl sites for hydroxylation is 1. The van der Waals surface area contributed by atoms with E-state index in [2.05, 4.69) is 20.6 Å². The van der Waals surface area contributed by atoms with Crippen LogP contribution in [0.25, 0.3) is 6.08 Å². The normalized spacial score (nSPS) is 11.4. The predicted molar refractivity (Wildman–Crippen MR) is 119 cm³/mol. The molecule has 3 rings (SSSR count). The molecule has 7 nitrogen and oxygen atoms in total. The molecule has 0 radical (unpaired) electrons. The summed E-state index contributed by atoms with van der Waals surface area (Å²) in [6.45, 7) is 1.88. The van der Waals surface area contributed by atoms with Crippen molar-refractivity contribution in [3.05, 3.63) is 83.4 Å². The van der Waals surface area contributed by atoms with Gasteiger partial charge in [-0.2, -0.15) is 13.2 Å². The Balaban J connectivity index is 1.55. The Morgan fingerprint density at radius 1 is 1.03 bits per heavy atom. The highest BCUT2D eigenvalue weighted by atomic mass is 19.4. The van der Waals surface area contributed by atoms with Gasteiger partial charge in [-0.3, -0.25) is 14.6 Å². The number of nitrogens with two attached hydrogens (primary N) is 1. The lowest BCUT2D eigenvalue weighted by atomic mass is 10.1. The van der Waals surface area contributed by atoms with E-state index in [4.69, 9.17) is 5.73 Å². The average molecular weight is 455 g/mol. The summed E-state index contributed by atoms with van der Waals surface area (Å²) >= 11 is 0. The molecule has 1 aromatic carbocycles. The Morgan fingerprint density at radius 2 is 1.82 bits per heavy atom. The van der Waals surface area contributed by atoms with Crippen LogP contribution in [0.2, 0.25) is 0 Å². The Labute approximate surface area is 187 Å². The van der Waals surface area contributed by atoms with E-state index in [0.29, 0.717) is 5.69 Å². The Kier molecular flexibility index (Phi) is 7.07. The van der Waals surface area contributed by atoms with Crippen molar-refractivity contribution in [1.82, 2.24) is 9.97 Å². The summed E-state index contributed by atoms with van der Waals surface area (Å²) in [5.74, 6) is -0.933. The van der Waals surface area contributed by atoms with Crippen molar-refractivity contribution >= 4 is 35.0 Å². The maximum Gasteiger partial charge on any atom is 0.416 e. The number of alkyl halides is 3. The van der Waals surface area contributed by atoms with E-state index in [1.54, 1.807) is 18.3 Å². The zero-order chi connectivity index (χ0) is 24.0. The summed E-state index contributed by atoms with van der Waals surface area (Å²) in [5, 5.41) is 5.07. The molecule has 0 bridgehead atoms. The lowest BCUT2D eigenvalue weighted by Gasteiger charge is -2.12. The fourth-order valence-corrected chi connectivity index (χ4v) is 2.73. The van der Waals surface area contributed by atoms with Crippen molar-refractivity contribution in [2.75, 3.05) is 16.4 Å². The molecular weight excluding hydrogens is 435 g/mol. The van der Waals surface area contributed by atoms with Crippen LogP contribution < -0.4 is 16.4 Å². The van der Waals surface area contributed by atoms with Gasteiger partial charge in [-0.15, -0.1) is 0 Å². The summed E-state index contributed by atoms with van der Waals surface area (Å²) in [4.78, 5) is 32.5. The van der Waals surface area contributed by atoms with E-state index in [0.717, 1.165) is 29.5 Å². The molecule has 2 heterocycles. The van der Waals surface area contributed by atoms with Crippen LogP contribution in [-0.2, 0) is 11.0 Å². The number of pyridine rings is 2. The Hall–Kier alpha value is -4.21. The monoisotopic (exact) mass is 455 g/mol. The minimum Gasteiger partial charge on any atom is -0.397 e. The van der Waals surface area contributed by atoms with Crippen LogP contribution in [0.4, 0.5) is 30.2 Å². The molecule has 4 N–H and O–H groups in total. The number of aromatic nitrogens is 2. The molecule has 0 saturated carbocycles. The van der Waals surface area contributed by atoms with Crippen LogP contribution in [0, 0.1) is 6.92 Å². The number of hydrogen-bond acceptors (Lipinski definition) is 5. The van der Waals surface area contributed by atoms with Crippen molar-refractivity contribution in [2.45, 2.75) is 19.5 Å². The first kappa shape index (κ1) is 23.5. The van der Waals surface area contributed by atoms with Gasteiger partial charge in [0.25, 0.3) is 5.91 Å². The van der Waals surface area contributed by atoms with Crippen molar-refractivity contribution in [1.29, 1.82) is 0 Å². The molecule has 0 unspecified atom stereocenters. The SMILES string of the molecule is Cc1ccc(/C=C/CC(=O)Nc2ccc(C(=O)Nc3ccc(C(F)(F)F)cc3N)nc2)cn1. The van der Waals surface area contributed by atoms with Gasteiger partial charge in [0.1, 0.15) is 5.69 Å². The predicted octanol–water partition coefficient (Wildman–Crippen LogP) is 4.68. The van der Waals surface area contributed by atoms with Crippen LogP contribution >= 0.6 is 0 Å². The molecule has 0 aliphatic carbocycles. The summed E-state index contributed by atoms with van der Waals surface area (Å²) in [5.41, 5.74) is 6.66. The van der Waals surface area contributed by atoms with Crippen molar-refractivity contribution in [2.24, 2.45) is 0 Å². The molecule has 0 aliphatic rings. The number of carbonyl (C=O) groups is 2. The minimum absolute atomic E-state index is 0.000867. The lowest BCUT2D eigenvalue weighted by Crippen LogP contribution is -2.16. The highest BCUT2D eigenvalue weighted by Gasteiger charge is 2.30. The third-order valence-corrected chi connectivity index (χ3v) is 4.45. The highest BCUT2D eigenvalue weighted by molar-refractivity contribution is 6.04. The number of nitrogens with zero attached hydrogens (tertiary/aromatic N) is 2. The molecule has 0 atom stereocenters. The van der Waals surface area contributed by atoms with Crippen LogP contribution in [-0.4, -0.2) is 21.8 Å². The smallest absolute Gasteiger partial charge is 0.397 e. The first-order chi connectivity index (χ1) is 15.6. The maximum atomic E-state index is 12.7. The van der Waals surface area contributed by atoms with Crippen LogP contribution in [0.15, 0.2) is 60.9 Å². The van der Waals surface area contributed by atoms with E-state index in [9.17, 15) is 22.8 Å². The van der Waals surface area contributed by atoms with Gasteiger partial charge in [-0.25, -0.2) is 4.98 Å². The molecule has 10 heteroatoms. The number of hydrogen-bond donors (Lipinski definition) is 3. The van der Waals surface area contributed by atoms with E-state index in [1.807, 2.05) is 19.1 Å². The van der Waals surface area contributed by atoms with Gasteiger partial charge in [0.15, 0.2) is 0 Å². The topological polar surface area (TPSA) is 110 Å². The number of nitrogens with one attached hydrogen (secondary N) is 2. The fourth-order valence-electron chi connectivity index (χ4n) is 2.73. The van der Waals surface area contributed by atoms with Gasteiger partial charge in [-0.05, 0) is 48.9 Å². The van der Waals surface area contributed by atoms with Crippen LogP contribution in [0.5, 0.6) is 0 Å².